The van der Waals surface area contributed by atoms with Crippen molar-refractivity contribution in [1.29, 1.82) is 0 Å². The van der Waals surface area contributed by atoms with Crippen LogP contribution < -0.4 is 10.6 Å². The number of fused-ring (bicyclic) bond motifs is 2. The third-order valence-electron chi connectivity index (χ3n) is 8.32. The fourth-order valence-corrected chi connectivity index (χ4v) is 6.24. The molecular weight excluding hydrogens is 450 g/mol. The van der Waals surface area contributed by atoms with Crippen LogP contribution in [-0.4, -0.2) is 71.9 Å². The Balaban J connectivity index is 0.989. The van der Waals surface area contributed by atoms with Gasteiger partial charge in [0.2, 0.25) is 11.8 Å². The summed E-state index contributed by atoms with van der Waals surface area (Å²) in [5.41, 5.74) is -0.399. The number of nitrogens with one attached hydrogen (secondary N) is 2. The number of alkyl carbamates (subject to hydrolysis) is 1. The molecule has 1 aliphatic carbocycles. The topological polar surface area (TPSA) is 106 Å². The van der Waals surface area contributed by atoms with Crippen LogP contribution in [0.25, 0.3) is 0 Å². The van der Waals surface area contributed by atoms with Crippen LogP contribution in [0, 0.1) is 5.92 Å². The molecule has 9 nitrogen and oxygen atoms in total. The highest BCUT2D eigenvalue weighted by atomic mass is 16.5. The van der Waals surface area contributed by atoms with Gasteiger partial charge in [-0.3, -0.25) is 9.59 Å². The number of ether oxygens (including phenoxy) is 3. The molecule has 1 aromatic rings. The zero-order valence-electron chi connectivity index (χ0n) is 19.9. The maximum atomic E-state index is 13.3. The summed E-state index contributed by atoms with van der Waals surface area (Å²) in [6.07, 6.45) is 5.25. The van der Waals surface area contributed by atoms with Crippen LogP contribution in [0.2, 0.25) is 0 Å². The molecule has 1 spiro atoms. The fraction of sp³-hybridized carbons (Fsp3) is 0.654. The van der Waals surface area contributed by atoms with Crippen LogP contribution >= 0.6 is 0 Å². The predicted octanol–water partition coefficient (Wildman–Crippen LogP) is 1.89. The van der Waals surface area contributed by atoms with Gasteiger partial charge in [0.25, 0.3) is 0 Å². The van der Waals surface area contributed by atoms with E-state index in [4.69, 9.17) is 14.2 Å². The molecule has 4 heterocycles. The molecule has 2 N–H and O–H groups in total. The molecule has 35 heavy (non-hydrogen) atoms. The van der Waals surface area contributed by atoms with Crippen LogP contribution in [0.3, 0.4) is 0 Å². The normalized spacial score (nSPS) is 34.2. The van der Waals surface area contributed by atoms with Crippen molar-refractivity contribution >= 4 is 17.9 Å². The van der Waals surface area contributed by atoms with E-state index in [0.29, 0.717) is 39.0 Å². The van der Waals surface area contributed by atoms with Crippen molar-refractivity contribution < 1.29 is 28.6 Å². The Kier molecular flexibility index (Phi) is 5.72. The minimum absolute atomic E-state index is 0.0438. The molecule has 1 saturated carbocycles. The standard InChI is InChI=1S/C26H33N3O6/c30-22(20-12-19-6-7-21(20)35-19)27-18-13-25(34-15-18)10-11-29(16-25)23(31)26(8-9-26)28-24(32)33-14-17-4-2-1-3-5-17/h1-5,18-21H,6-16H2,(H,27,30)(H,28,32)/t18?,19-,20-,21+,25?/m1/s1. The van der Waals surface area contributed by atoms with Crippen molar-refractivity contribution in [3.63, 3.8) is 0 Å². The Labute approximate surface area is 204 Å². The largest absolute Gasteiger partial charge is 0.445 e. The summed E-state index contributed by atoms with van der Waals surface area (Å²) >= 11 is 0. The maximum Gasteiger partial charge on any atom is 0.408 e. The smallest absolute Gasteiger partial charge is 0.408 e. The molecule has 4 aliphatic heterocycles. The molecular formula is C26H33N3O6. The second-order valence-electron chi connectivity index (χ2n) is 10.9. The van der Waals surface area contributed by atoms with Gasteiger partial charge in [-0.2, -0.15) is 0 Å². The Hall–Kier alpha value is -2.65. The summed E-state index contributed by atoms with van der Waals surface area (Å²) in [6, 6.07) is 9.41. The minimum atomic E-state index is -0.868. The molecule has 5 atom stereocenters. The lowest BCUT2D eigenvalue weighted by molar-refractivity contribution is -0.134. The van der Waals surface area contributed by atoms with Gasteiger partial charge < -0.3 is 29.7 Å². The molecule has 9 heteroatoms. The Morgan fingerprint density at radius 3 is 2.66 bits per heavy atom. The highest BCUT2D eigenvalue weighted by molar-refractivity contribution is 5.93. The monoisotopic (exact) mass is 483 g/mol. The first kappa shape index (κ1) is 22.8. The number of carbonyl (C=O) groups excluding carboxylic acids is 3. The zero-order chi connectivity index (χ0) is 24.0. The SMILES string of the molecule is O=C(NC1(C(=O)N2CCC3(CC(NC(=O)[C@@H]4C[C@H]5CC[C@@H]4O5)CO3)C2)CC1)OCc1ccccc1. The van der Waals surface area contributed by atoms with Crippen LogP contribution in [0.4, 0.5) is 4.79 Å². The van der Waals surface area contributed by atoms with Crippen LogP contribution in [0.15, 0.2) is 30.3 Å². The van der Waals surface area contributed by atoms with E-state index in [-0.39, 0.29) is 42.6 Å². The third-order valence-corrected chi connectivity index (χ3v) is 8.32. The second-order valence-corrected chi connectivity index (χ2v) is 10.9. The first-order chi connectivity index (χ1) is 16.9. The van der Waals surface area contributed by atoms with Gasteiger partial charge in [-0.25, -0.2) is 4.79 Å². The number of carbonyl (C=O) groups is 3. The van der Waals surface area contributed by atoms with E-state index in [1.807, 2.05) is 30.3 Å². The maximum absolute atomic E-state index is 13.3. The molecule has 3 amide bonds. The van der Waals surface area contributed by atoms with E-state index in [2.05, 4.69) is 10.6 Å². The lowest BCUT2D eigenvalue weighted by Gasteiger charge is -2.27. The number of likely N-dealkylation sites (tertiary alicyclic amines) is 1. The Morgan fingerprint density at radius 2 is 1.94 bits per heavy atom. The summed E-state index contributed by atoms with van der Waals surface area (Å²) in [7, 11) is 0. The average Bonchev–Trinajstić information content (AvgIpc) is 3.29. The van der Waals surface area contributed by atoms with Crippen molar-refractivity contribution in [3.8, 4) is 0 Å². The lowest BCUT2D eigenvalue weighted by Crippen LogP contribution is -2.51. The summed E-state index contributed by atoms with van der Waals surface area (Å²) in [5, 5.41) is 5.99. The zero-order valence-corrected chi connectivity index (χ0v) is 19.9. The van der Waals surface area contributed by atoms with E-state index < -0.39 is 17.2 Å². The number of rotatable bonds is 6. The molecule has 2 bridgehead atoms. The molecule has 2 unspecified atom stereocenters. The van der Waals surface area contributed by atoms with Crippen molar-refractivity contribution in [3.05, 3.63) is 35.9 Å². The summed E-state index contributed by atoms with van der Waals surface area (Å²) < 4.78 is 17.3. The number of amides is 3. The van der Waals surface area contributed by atoms with Gasteiger partial charge in [0.15, 0.2) is 0 Å². The van der Waals surface area contributed by atoms with Gasteiger partial charge in [-0.15, -0.1) is 0 Å². The summed E-state index contributed by atoms with van der Waals surface area (Å²) in [5.74, 6) is -0.0421. The highest BCUT2D eigenvalue weighted by Crippen LogP contribution is 2.42. The number of benzene rings is 1. The first-order valence-electron chi connectivity index (χ1n) is 12.8. The van der Waals surface area contributed by atoms with E-state index in [1.54, 1.807) is 4.90 Å². The number of hydrogen-bond acceptors (Lipinski definition) is 6. The van der Waals surface area contributed by atoms with Gasteiger partial charge in [-0.1, -0.05) is 30.3 Å². The van der Waals surface area contributed by atoms with Crippen molar-refractivity contribution in [2.45, 2.75) is 80.9 Å². The van der Waals surface area contributed by atoms with Crippen LogP contribution in [0.1, 0.15) is 50.5 Å². The Morgan fingerprint density at radius 1 is 1.11 bits per heavy atom. The van der Waals surface area contributed by atoms with E-state index in [9.17, 15) is 14.4 Å². The summed E-state index contributed by atoms with van der Waals surface area (Å²) in [6.45, 7) is 1.70. The van der Waals surface area contributed by atoms with Gasteiger partial charge in [0.05, 0.1) is 36.4 Å². The van der Waals surface area contributed by atoms with Crippen molar-refractivity contribution in [2.24, 2.45) is 5.92 Å². The second kappa shape index (κ2) is 8.78. The number of nitrogens with zero attached hydrogens (tertiary/aromatic N) is 1. The van der Waals surface area contributed by atoms with Crippen LogP contribution in [-0.2, 0) is 30.4 Å². The van der Waals surface area contributed by atoms with E-state index >= 15 is 0 Å². The molecule has 4 saturated heterocycles. The lowest BCUT2D eigenvalue weighted by atomic mass is 9.88. The molecule has 0 radical (unpaired) electrons. The first-order valence-corrected chi connectivity index (χ1v) is 12.8. The molecule has 188 valence electrons. The van der Waals surface area contributed by atoms with Gasteiger partial charge in [-0.05, 0) is 44.1 Å². The fourth-order valence-electron chi connectivity index (χ4n) is 6.24. The van der Waals surface area contributed by atoms with Gasteiger partial charge >= 0.3 is 6.09 Å². The predicted molar refractivity (Wildman–Crippen MR) is 124 cm³/mol. The van der Waals surface area contributed by atoms with Crippen LogP contribution in [0.5, 0.6) is 0 Å². The quantitative estimate of drug-likeness (QED) is 0.640. The van der Waals surface area contributed by atoms with E-state index in [1.165, 1.54) is 0 Å². The van der Waals surface area contributed by atoms with E-state index in [0.717, 1.165) is 31.2 Å². The molecule has 5 aliphatic rings. The third kappa shape index (κ3) is 4.51. The highest BCUT2D eigenvalue weighted by Gasteiger charge is 2.57. The summed E-state index contributed by atoms with van der Waals surface area (Å²) in [4.78, 5) is 40.3. The average molecular weight is 484 g/mol. The molecule has 0 aromatic heterocycles. The Bertz CT molecular complexity index is 998. The van der Waals surface area contributed by atoms with Crippen molar-refractivity contribution in [2.75, 3.05) is 19.7 Å². The molecule has 1 aromatic carbocycles. The number of hydrogen-bond donors (Lipinski definition) is 2. The van der Waals surface area contributed by atoms with Crippen molar-refractivity contribution in [1.82, 2.24) is 15.5 Å². The van der Waals surface area contributed by atoms with Gasteiger partial charge in [0.1, 0.15) is 12.1 Å². The minimum Gasteiger partial charge on any atom is -0.445 e. The molecule has 5 fully saturated rings. The van der Waals surface area contributed by atoms with Gasteiger partial charge in [0, 0.05) is 19.5 Å². The molecule has 6 rings (SSSR count).